The zero-order valence-corrected chi connectivity index (χ0v) is 11.2. The largest absolute Gasteiger partial charge is 0.461 e. The lowest BCUT2D eigenvalue weighted by Crippen LogP contribution is -2.18. The maximum absolute atomic E-state index is 5.64. The van der Waals surface area contributed by atoms with Gasteiger partial charge in [0.15, 0.2) is 0 Å². The van der Waals surface area contributed by atoms with Gasteiger partial charge in [0.05, 0.1) is 6.10 Å². The Hall–Kier alpha value is -1.59. The molecule has 0 saturated heterocycles. The molecule has 18 heavy (non-hydrogen) atoms. The Morgan fingerprint density at radius 3 is 2.61 bits per heavy atom. The van der Waals surface area contributed by atoms with E-state index in [1.807, 2.05) is 13.8 Å². The molecule has 0 aliphatic heterocycles. The second-order valence-corrected chi connectivity index (χ2v) is 5.17. The van der Waals surface area contributed by atoms with Gasteiger partial charge in [0.1, 0.15) is 0 Å². The Morgan fingerprint density at radius 1 is 1.33 bits per heavy atom. The molecule has 0 aromatic carbocycles. The molecular formula is C12H21N5O. The van der Waals surface area contributed by atoms with Crippen molar-refractivity contribution in [3.8, 4) is 6.01 Å². The quantitative estimate of drug-likeness (QED) is 0.802. The van der Waals surface area contributed by atoms with Gasteiger partial charge in [-0.2, -0.15) is 15.0 Å². The number of hydrogen-bond donors (Lipinski definition) is 2. The van der Waals surface area contributed by atoms with Crippen molar-refractivity contribution in [1.29, 1.82) is 0 Å². The highest BCUT2D eigenvalue weighted by atomic mass is 16.5. The molecule has 1 heterocycles. The summed E-state index contributed by atoms with van der Waals surface area (Å²) < 4.78 is 5.43. The van der Waals surface area contributed by atoms with Crippen LogP contribution in [0, 0.1) is 5.41 Å². The maximum Gasteiger partial charge on any atom is 0.323 e. The predicted octanol–water partition coefficient (Wildman–Crippen LogP) is 1.84. The van der Waals surface area contributed by atoms with Crippen molar-refractivity contribution in [3.05, 3.63) is 0 Å². The van der Waals surface area contributed by atoms with Gasteiger partial charge in [-0.1, -0.05) is 6.92 Å². The van der Waals surface area contributed by atoms with Crippen LogP contribution in [0.1, 0.15) is 40.0 Å². The Kier molecular flexibility index (Phi) is 3.54. The summed E-state index contributed by atoms with van der Waals surface area (Å²) in [4.78, 5) is 12.2. The van der Waals surface area contributed by atoms with Crippen molar-refractivity contribution in [3.63, 3.8) is 0 Å². The molecular weight excluding hydrogens is 230 g/mol. The third kappa shape index (κ3) is 3.21. The summed E-state index contributed by atoms with van der Waals surface area (Å²) in [6.07, 6.45) is 3.74. The predicted molar refractivity (Wildman–Crippen MR) is 70.5 cm³/mol. The molecule has 0 amide bonds. The van der Waals surface area contributed by atoms with Gasteiger partial charge in [0.25, 0.3) is 0 Å². The van der Waals surface area contributed by atoms with Gasteiger partial charge in [-0.3, -0.25) is 0 Å². The summed E-state index contributed by atoms with van der Waals surface area (Å²) in [7, 11) is 0. The Balaban J connectivity index is 2.01. The van der Waals surface area contributed by atoms with Crippen LogP contribution < -0.4 is 15.8 Å². The molecule has 100 valence electrons. The number of rotatable bonds is 6. The first-order chi connectivity index (χ1) is 8.53. The SMILES string of the molecule is CCC1(CNc2nc(N)nc(OC(C)C)n2)CC1. The highest BCUT2D eigenvalue weighted by Gasteiger charge is 2.40. The molecule has 6 nitrogen and oxygen atoms in total. The molecule has 1 aromatic rings. The van der Waals surface area contributed by atoms with Gasteiger partial charge >= 0.3 is 6.01 Å². The monoisotopic (exact) mass is 251 g/mol. The molecule has 1 aliphatic carbocycles. The minimum atomic E-state index is 0.0186. The van der Waals surface area contributed by atoms with Crippen LogP contribution in [0.15, 0.2) is 0 Å². The van der Waals surface area contributed by atoms with Gasteiger partial charge < -0.3 is 15.8 Å². The van der Waals surface area contributed by atoms with Crippen LogP contribution >= 0.6 is 0 Å². The fourth-order valence-corrected chi connectivity index (χ4v) is 1.81. The molecule has 0 atom stereocenters. The molecule has 2 rings (SSSR count). The number of nitrogens with two attached hydrogens (primary N) is 1. The van der Waals surface area contributed by atoms with Crippen molar-refractivity contribution in [2.75, 3.05) is 17.6 Å². The molecule has 1 saturated carbocycles. The lowest BCUT2D eigenvalue weighted by molar-refractivity contribution is 0.222. The van der Waals surface area contributed by atoms with Crippen molar-refractivity contribution in [2.24, 2.45) is 5.41 Å². The van der Waals surface area contributed by atoms with E-state index in [1.54, 1.807) is 0 Å². The summed E-state index contributed by atoms with van der Waals surface area (Å²) in [5.74, 6) is 0.683. The van der Waals surface area contributed by atoms with Crippen LogP contribution in [0.5, 0.6) is 6.01 Å². The van der Waals surface area contributed by atoms with Crippen molar-refractivity contribution in [1.82, 2.24) is 15.0 Å². The van der Waals surface area contributed by atoms with Gasteiger partial charge in [0, 0.05) is 6.54 Å². The van der Waals surface area contributed by atoms with E-state index in [2.05, 4.69) is 27.2 Å². The fourth-order valence-electron chi connectivity index (χ4n) is 1.81. The van der Waals surface area contributed by atoms with E-state index >= 15 is 0 Å². The van der Waals surface area contributed by atoms with Crippen LogP contribution in [0.3, 0.4) is 0 Å². The zero-order chi connectivity index (χ0) is 13.2. The molecule has 0 unspecified atom stereocenters. The molecule has 0 radical (unpaired) electrons. The third-order valence-corrected chi connectivity index (χ3v) is 3.30. The fraction of sp³-hybridized carbons (Fsp3) is 0.750. The van der Waals surface area contributed by atoms with Crippen LogP contribution in [-0.4, -0.2) is 27.6 Å². The van der Waals surface area contributed by atoms with E-state index in [-0.39, 0.29) is 18.1 Å². The minimum absolute atomic E-state index is 0.0186. The normalized spacial score (nSPS) is 16.7. The lowest BCUT2D eigenvalue weighted by Gasteiger charge is -2.14. The standard InChI is InChI=1S/C12H21N5O/c1-4-12(5-6-12)7-14-10-15-9(13)16-11(17-10)18-8(2)3/h8H,4-7H2,1-3H3,(H3,13,14,15,16,17). The van der Waals surface area contributed by atoms with Crippen molar-refractivity contribution >= 4 is 11.9 Å². The second kappa shape index (κ2) is 4.96. The lowest BCUT2D eigenvalue weighted by atomic mass is 10.0. The zero-order valence-electron chi connectivity index (χ0n) is 11.2. The summed E-state index contributed by atoms with van der Waals surface area (Å²) in [6, 6.07) is 0.279. The third-order valence-electron chi connectivity index (χ3n) is 3.30. The average Bonchev–Trinajstić information content (AvgIpc) is 3.05. The molecule has 6 heteroatoms. The number of nitrogens with one attached hydrogen (secondary N) is 1. The highest BCUT2D eigenvalue weighted by molar-refractivity contribution is 5.33. The summed E-state index contributed by atoms with van der Waals surface area (Å²) in [6.45, 7) is 6.94. The van der Waals surface area contributed by atoms with Gasteiger partial charge in [0.2, 0.25) is 11.9 Å². The molecule has 0 spiro atoms. The maximum atomic E-state index is 5.64. The van der Waals surface area contributed by atoms with Crippen LogP contribution in [0.2, 0.25) is 0 Å². The topological polar surface area (TPSA) is 86.0 Å². The van der Waals surface area contributed by atoms with E-state index in [1.165, 1.54) is 19.3 Å². The minimum Gasteiger partial charge on any atom is -0.461 e. The average molecular weight is 251 g/mol. The molecule has 1 aliphatic rings. The van der Waals surface area contributed by atoms with E-state index < -0.39 is 0 Å². The summed E-state index contributed by atoms with van der Waals surface area (Å²) in [5.41, 5.74) is 6.07. The summed E-state index contributed by atoms with van der Waals surface area (Å²) in [5, 5.41) is 3.23. The Labute approximate surface area is 107 Å². The van der Waals surface area contributed by atoms with E-state index in [9.17, 15) is 0 Å². The van der Waals surface area contributed by atoms with Crippen LogP contribution in [-0.2, 0) is 0 Å². The van der Waals surface area contributed by atoms with E-state index in [4.69, 9.17) is 10.5 Å². The number of anilines is 2. The molecule has 1 aromatic heterocycles. The Morgan fingerprint density at radius 2 is 2.06 bits per heavy atom. The molecule has 3 N–H and O–H groups in total. The number of nitrogen functional groups attached to an aromatic ring is 1. The van der Waals surface area contributed by atoms with Crippen molar-refractivity contribution < 1.29 is 4.74 Å². The second-order valence-electron chi connectivity index (χ2n) is 5.17. The van der Waals surface area contributed by atoms with E-state index in [0.29, 0.717) is 11.4 Å². The molecule has 1 fully saturated rings. The first-order valence-electron chi connectivity index (χ1n) is 6.45. The van der Waals surface area contributed by atoms with Crippen LogP contribution in [0.4, 0.5) is 11.9 Å². The smallest absolute Gasteiger partial charge is 0.323 e. The number of hydrogen-bond acceptors (Lipinski definition) is 6. The number of ether oxygens (including phenoxy) is 1. The number of aromatic nitrogens is 3. The van der Waals surface area contributed by atoms with Gasteiger partial charge in [-0.25, -0.2) is 0 Å². The van der Waals surface area contributed by atoms with E-state index in [0.717, 1.165) is 6.54 Å². The van der Waals surface area contributed by atoms with Gasteiger partial charge in [-0.15, -0.1) is 0 Å². The Bertz CT molecular complexity index is 417. The summed E-state index contributed by atoms with van der Waals surface area (Å²) >= 11 is 0. The first kappa shape index (κ1) is 12.9. The molecule has 0 bridgehead atoms. The highest BCUT2D eigenvalue weighted by Crippen LogP contribution is 2.48. The van der Waals surface area contributed by atoms with Crippen molar-refractivity contribution in [2.45, 2.75) is 46.1 Å². The van der Waals surface area contributed by atoms with Crippen LogP contribution in [0.25, 0.3) is 0 Å². The van der Waals surface area contributed by atoms with Gasteiger partial charge in [-0.05, 0) is 38.5 Å². The number of nitrogens with zero attached hydrogens (tertiary/aromatic N) is 3. The first-order valence-corrected chi connectivity index (χ1v) is 6.45.